The number of guanidine groups is 1. The van der Waals surface area contributed by atoms with E-state index in [1.165, 1.54) is 11.1 Å². The van der Waals surface area contributed by atoms with Crippen LogP contribution in [0.15, 0.2) is 23.2 Å². The summed E-state index contributed by atoms with van der Waals surface area (Å²) >= 11 is 0. The van der Waals surface area contributed by atoms with Gasteiger partial charge in [-0.15, -0.1) is 0 Å². The summed E-state index contributed by atoms with van der Waals surface area (Å²) in [6.07, 6.45) is 6.34. The minimum atomic E-state index is -0.507. The third-order valence-electron chi connectivity index (χ3n) is 6.18. The van der Waals surface area contributed by atoms with Gasteiger partial charge in [0.1, 0.15) is 6.04 Å². The van der Waals surface area contributed by atoms with Crippen LogP contribution in [-0.2, 0) is 16.1 Å². The van der Waals surface area contributed by atoms with Gasteiger partial charge >= 0.3 is 0 Å². The molecule has 8 nitrogen and oxygen atoms in total. The zero-order valence-corrected chi connectivity index (χ0v) is 18.5. The molecule has 2 fully saturated rings. The lowest BCUT2D eigenvalue weighted by atomic mass is 10.0. The van der Waals surface area contributed by atoms with Crippen molar-refractivity contribution in [2.45, 2.75) is 58.5 Å². The van der Waals surface area contributed by atoms with Crippen molar-refractivity contribution in [3.63, 3.8) is 0 Å². The molecular weight excluding hydrogens is 392 g/mol. The molecule has 2 saturated heterocycles. The summed E-state index contributed by atoms with van der Waals surface area (Å²) in [7, 11) is 0. The normalized spacial score (nSPS) is 19.7. The molecule has 0 saturated carbocycles. The van der Waals surface area contributed by atoms with Crippen LogP contribution in [0.2, 0.25) is 0 Å². The summed E-state index contributed by atoms with van der Waals surface area (Å²) in [6.45, 7) is 6.78. The topological polar surface area (TPSA) is 101 Å². The van der Waals surface area contributed by atoms with Gasteiger partial charge in [-0.1, -0.05) is 18.2 Å². The van der Waals surface area contributed by atoms with Crippen LogP contribution in [0.5, 0.6) is 0 Å². The highest BCUT2D eigenvalue weighted by molar-refractivity contribution is 5.92. The van der Waals surface area contributed by atoms with E-state index in [4.69, 9.17) is 5.26 Å². The lowest BCUT2D eigenvalue weighted by Gasteiger charge is -2.27. The summed E-state index contributed by atoms with van der Waals surface area (Å²) in [5.41, 5.74) is 3.43. The maximum absolute atomic E-state index is 13.1. The fourth-order valence-electron chi connectivity index (χ4n) is 4.11. The van der Waals surface area contributed by atoms with Crippen molar-refractivity contribution >= 4 is 17.8 Å². The molecule has 1 atom stereocenters. The minimum absolute atomic E-state index is 0.0189. The molecule has 166 valence electrons. The van der Waals surface area contributed by atoms with Crippen molar-refractivity contribution in [3.05, 3.63) is 34.9 Å². The molecule has 0 bridgehead atoms. The van der Waals surface area contributed by atoms with Crippen LogP contribution in [0.25, 0.3) is 0 Å². The van der Waals surface area contributed by atoms with E-state index in [2.05, 4.69) is 35.5 Å². The van der Waals surface area contributed by atoms with Gasteiger partial charge in [0.05, 0.1) is 13.1 Å². The maximum Gasteiger partial charge on any atom is 0.245 e. The third kappa shape index (κ3) is 5.97. The highest BCUT2D eigenvalue weighted by Gasteiger charge is 2.30. The number of likely N-dealkylation sites (tertiary alicyclic amines) is 2. The molecule has 0 aliphatic carbocycles. The van der Waals surface area contributed by atoms with E-state index in [-0.39, 0.29) is 24.3 Å². The van der Waals surface area contributed by atoms with Gasteiger partial charge in [-0.3, -0.25) is 14.9 Å². The van der Waals surface area contributed by atoms with Crippen molar-refractivity contribution in [2.75, 3.05) is 26.2 Å². The number of aryl methyl sites for hydroxylation is 1. The van der Waals surface area contributed by atoms with Crippen LogP contribution in [0.1, 0.15) is 48.8 Å². The summed E-state index contributed by atoms with van der Waals surface area (Å²) in [5.74, 6) is 0.198. The van der Waals surface area contributed by atoms with Gasteiger partial charge in [0.25, 0.3) is 0 Å². The highest BCUT2D eigenvalue weighted by Crippen LogP contribution is 2.16. The molecule has 2 aliphatic heterocycles. The first-order chi connectivity index (χ1) is 15.0. The van der Waals surface area contributed by atoms with Gasteiger partial charge in [0.2, 0.25) is 17.8 Å². The molecule has 1 aromatic rings. The minimum Gasteiger partial charge on any atom is -0.344 e. The van der Waals surface area contributed by atoms with Crippen LogP contribution < -0.4 is 10.6 Å². The predicted molar refractivity (Wildman–Crippen MR) is 119 cm³/mol. The van der Waals surface area contributed by atoms with Gasteiger partial charge < -0.3 is 15.1 Å². The van der Waals surface area contributed by atoms with E-state index in [0.717, 1.165) is 44.3 Å². The second kappa shape index (κ2) is 10.8. The average Bonchev–Trinajstić information content (AvgIpc) is 3.25. The Morgan fingerprint density at radius 3 is 2.68 bits per heavy atom. The second-order valence-corrected chi connectivity index (χ2v) is 8.30. The quantitative estimate of drug-likeness (QED) is 0.325. The number of amides is 2. The molecule has 2 aliphatic rings. The number of hydrogen-bond donors (Lipinski definition) is 2. The van der Waals surface area contributed by atoms with E-state index in [0.29, 0.717) is 19.5 Å². The number of rotatable bonds is 5. The van der Waals surface area contributed by atoms with Crippen molar-refractivity contribution in [3.8, 4) is 6.19 Å². The molecule has 2 heterocycles. The molecule has 0 spiro atoms. The molecule has 1 unspecified atom stereocenters. The number of nitrogens with zero attached hydrogens (tertiary/aromatic N) is 4. The van der Waals surface area contributed by atoms with Crippen molar-refractivity contribution in [1.82, 2.24) is 20.4 Å². The van der Waals surface area contributed by atoms with Crippen LogP contribution in [-0.4, -0.2) is 59.8 Å². The molecular formula is C23H32N6O2. The van der Waals surface area contributed by atoms with E-state index >= 15 is 0 Å². The summed E-state index contributed by atoms with van der Waals surface area (Å²) in [6, 6.07) is 5.55. The number of benzene rings is 1. The smallest absolute Gasteiger partial charge is 0.245 e. The lowest BCUT2D eigenvalue weighted by Crippen LogP contribution is -2.52. The molecule has 0 aromatic heterocycles. The van der Waals surface area contributed by atoms with Crippen molar-refractivity contribution in [2.24, 2.45) is 4.99 Å². The van der Waals surface area contributed by atoms with E-state index in [1.54, 1.807) is 4.90 Å². The SMILES string of the molecule is Cc1cccc(CN=C(NC#N)NC2CCCCN(CC(=O)N3CCCC3)C2=O)c1C. The fraction of sp³-hybridized carbons (Fsp3) is 0.565. The largest absolute Gasteiger partial charge is 0.344 e. The van der Waals surface area contributed by atoms with E-state index in [1.807, 2.05) is 23.2 Å². The van der Waals surface area contributed by atoms with Gasteiger partial charge in [0, 0.05) is 19.6 Å². The fourth-order valence-corrected chi connectivity index (χ4v) is 4.11. The zero-order valence-electron chi connectivity index (χ0n) is 18.5. The molecule has 8 heteroatoms. The number of hydrogen-bond acceptors (Lipinski definition) is 4. The number of nitriles is 1. The Labute approximate surface area is 184 Å². The predicted octanol–water partition coefficient (Wildman–Crippen LogP) is 1.82. The number of aliphatic imine (C=N–C) groups is 1. The Kier molecular flexibility index (Phi) is 7.88. The number of carbonyl (C=O) groups is 2. The first kappa shape index (κ1) is 22.6. The van der Waals surface area contributed by atoms with Gasteiger partial charge in [-0.05, 0) is 62.6 Å². The summed E-state index contributed by atoms with van der Waals surface area (Å²) in [4.78, 5) is 33.7. The van der Waals surface area contributed by atoms with E-state index in [9.17, 15) is 9.59 Å². The molecule has 2 N–H and O–H groups in total. The Morgan fingerprint density at radius 1 is 1.19 bits per heavy atom. The van der Waals surface area contributed by atoms with Gasteiger partial charge in [-0.25, -0.2) is 4.99 Å². The number of nitrogens with one attached hydrogen (secondary N) is 2. The lowest BCUT2D eigenvalue weighted by molar-refractivity contribution is -0.140. The zero-order chi connectivity index (χ0) is 22.2. The second-order valence-electron chi connectivity index (χ2n) is 8.30. The van der Waals surface area contributed by atoms with Crippen molar-refractivity contribution in [1.29, 1.82) is 5.26 Å². The van der Waals surface area contributed by atoms with Crippen LogP contribution >= 0.6 is 0 Å². The summed E-state index contributed by atoms with van der Waals surface area (Å²) in [5, 5.41) is 14.8. The van der Waals surface area contributed by atoms with Gasteiger partial charge in [0.15, 0.2) is 6.19 Å². The first-order valence-corrected chi connectivity index (χ1v) is 11.1. The monoisotopic (exact) mass is 424 g/mol. The van der Waals surface area contributed by atoms with Crippen molar-refractivity contribution < 1.29 is 9.59 Å². The molecule has 3 rings (SSSR count). The van der Waals surface area contributed by atoms with Crippen LogP contribution in [0.3, 0.4) is 0 Å². The first-order valence-electron chi connectivity index (χ1n) is 11.1. The third-order valence-corrected chi connectivity index (χ3v) is 6.18. The summed E-state index contributed by atoms with van der Waals surface area (Å²) < 4.78 is 0. The Balaban J connectivity index is 1.67. The molecule has 1 aromatic carbocycles. The number of carbonyl (C=O) groups excluding carboxylic acids is 2. The molecule has 2 amide bonds. The Morgan fingerprint density at radius 2 is 1.94 bits per heavy atom. The highest BCUT2D eigenvalue weighted by atomic mass is 16.2. The maximum atomic E-state index is 13.1. The van der Waals surface area contributed by atoms with Crippen LogP contribution in [0, 0.1) is 25.3 Å². The molecule has 31 heavy (non-hydrogen) atoms. The standard InChI is InChI=1S/C23H32N6O2/c1-17-8-7-9-19(18(17)2)14-25-23(26-16-24)27-20-10-3-4-13-29(22(20)31)15-21(30)28-11-5-6-12-28/h7-9,20H,3-6,10-15H2,1-2H3,(H2,25,26,27). The average molecular weight is 425 g/mol. The molecule has 0 radical (unpaired) electrons. The Bertz CT molecular complexity index is 869. The van der Waals surface area contributed by atoms with E-state index < -0.39 is 6.04 Å². The van der Waals surface area contributed by atoms with Crippen LogP contribution in [0.4, 0.5) is 0 Å². The van der Waals surface area contributed by atoms with Gasteiger partial charge in [-0.2, -0.15) is 5.26 Å². The Hall–Kier alpha value is -3.08.